The van der Waals surface area contributed by atoms with Crippen molar-refractivity contribution in [2.45, 2.75) is 34.2 Å². The van der Waals surface area contributed by atoms with Crippen molar-refractivity contribution < 1.29 is 13.7 Å². The Morgan fingerprint density at radius 3 is 2.67 bits per heavy atom. The molecule has 1 amide bonds. The van der Waals surface area contributed by atoms with Gasteiger partial charge >= 0.3 is 0 Å². The zero-order chi connectivity index (χ0) is 17.3. The molecule has 126 valence electrons. The van der Waals surface area contributed by atoms with Crippen LogP contribution in [0.1, 0.15) is 33.2 Å². The minimum absolute atomic E-state index is 0.181. The van der Waals surface area contributed by atoms with Gasteiger partial charge in [-0.05, 0) is 39.8 Å². The largest absolute Gasteiger partial charge is 0.464 e. The summed E-state index contributed by atoms with van der Waals surface area (Å²) in [6, 6.07) is 3.77. The molecule has 24 heavy (non-hydrogen) atoms. The van der Waals surface area contributed by atoms with Crippen LogP contribution in [0.3, 0.4) is 0 Å². The molecule has 0 radical (unpaired) electrons. The lowest BCUT2D eigenvalue weighted by atomic mass is 10.1. The van der Waals surface area contributed by atoms with E-state index >= 15 is 0 Å². The van der Waals surface area contributed by atoms with Gasteiger partial charge in [0.2, 0.25) is 0 Å². The molecule has 0 unspecified atom stereocenters. The number of nitrogens with zero attached hydrogens (tertiary/aromatic N) is 3. The highest BCUT2D eigenvalue weighted by molar-refractivity contribution is 5.96. The Hall–Kier alpha value is -2.83. The summed E-state index contributed by atoms with van der Waals surface area (Å²) in [6.07, 6.45) is 1.65. The van der Waals surface area contributed by atoms with Gasteiger partial charge in [-0.25, -0.2) is 0 Å². The number of furan rings is 1. The Balaban J connectivity index is 1.68. The van der Waals surface area contributed by atoms with Crippen LogP contribution in [0, 0.1) is 27.7 Å². The molecule has 3 aromatic heterocycles. The first kappa shape index (κ1) is 16.0. The van der Waals surface area contributed by atoms with Crippen molar-refractivity contribution in [2.24, 2.45) is 0 Å². The summed E-state index contributed by atoms with van der Waals surface area (Å²) in [5, 5.41) is 11.2. The Bertz CT molecular complexity index is 839. The van der Waals surface area contributed by atoms with E-state index in [9.17, 15) is 4.79 Å². The lowest BCUT2D eigenvalue weighted by Gasteiger charge is -2.07. The van der Waals surface area contributed by atoms with Crippen molar-refractivity contribution in [3.8, 4) is 11.3 Å². The standard InChI is InChI=1S/C17H20N4O3/c1-10-15(14-6-5-9-23-14)12(3)21(19-10)8-7-18-17(22)16-11(2)20-24-13(16)4/h5-6,9H,7-8H2,1-4H3,(H,18,22). The Morgan fingerprint density at radius 1 is 1.25 bits per heavy atom. The van der Waals surface area contributed by atoms with Gasteiger partial charge in [0, 0.05) is 12.2 Å². The van der Waals surface area contributed by atoms with Crippen LogP contribution < -0.4 is 5.32 Å². The summed E-state index contributed by atoms with van der Waals surface area (Å²) < 4.78 is 12.4. The number of hydrogen-bond acceptors (Lipinski definition) is 5. The first-order chi connectivity index (χ1) is 11.5. The van der Waals surface area contributed by atoms with Crippen LogP contribution in [-0.4, -0.2) is 27.4 Å². The van der Waals surface area contributed by atoms with E-state index in [1.807, 2.05) is 30.7 Å². The van der Waals surface area contributed by atoms with Crippen molar-refractivity contribution in [1.29, 1.82) is 0 Å². The van der Waals surface area contributed by atoms with Crippen LogP contribution in [0.25, 0.3) is 11.3 Å². The van der Waals surface area contributed by atoms with E-state index in [2.05, 4.69) is 15.6 Å². The zero-order valence-electron chi connectivity index (χ0n) is 14.2. The molecule has 0 fully saturated rings. The highest BCUT2D eigenvalue weighted by Gasteiger charge is 2.18. The molecule has 0 aromatic carbocycles. The van der Waals surface area contributed by atoms with Crippen LogP contribution in [0.5, 0.6) is 0 Å². The fourth-order valence-electron chi connectivity index (χ4n) is 2.86. The topological polar surface area (TPSA) is 86.1 Å². The predicted molar refractivity (Wildman–Crippen MR) is 87.7 cm³/mol. The molecule has 0 saturated heterocycles. The van der Waals surface area contributed by atoms with Gasteiger partial charge in [-0.1, -0.05) is 5.16 Å². The first-order valence-corrected chi connectivity index (χ1v) is 7.78. The number of hydrogen-bond donors (Lipinski definition) is 1. The van der Waals surface area contributed by atoms with Gasteiger partial charge in [-0.3, -0.25) is 9.48 Å². The van der Waals surface area contributed by atoms with E-state index in [0.717, 1.165) is 22.7 Å². The van der Waals surface area contributed by atoms with Crippen LogP contribution in [0.4, 0.5) is 0 Å². The maximum absolute atomic E-state index is 12.2. The van der Waals surface area contributed by atoms with Gasteiger partial charge in [-0.15, -0.1) is 0 Å². The molecule has 0 saturated carbocycles. The number of rotatable bonds is 5. The van der Waals surface area contributed by atoms with E-state index in [4.69, 9.17) is 8.94 Å². The molecule has 1 N–H and O–H groups in total. The predicted octanol–water partition coefficient (Wildman–Crippen LogP) is 2.79. The summed E-state index contributed by atoms with van der Waals surface area (Å²) in [6.45, 7) is 8.45. The first-order valence-electron chi connectivity index (χ1n) is 7.78. The summed E-state index contributed by atoms with van der Waals surface area (Å²) in [5.41, 5.74) is 4.00. The van der Waals surface area contributed by atoms with Crippen molar-refractivity contribution in [3.63, 3.8) is 0 Å². The van der Waals surface area contributed by atoms with Crippen LogP contribution >= 0.6 is 0 Å². The van der Waals surface area contributed by atoms with Crippen molar-refractivity contribution in [3.05, 3.63) is 46.8 Å². The van der Waals surface area contributed by atoms with Crippen LogP contribution in [0.15, 0.2) is 27.3 Å². The summed E-state index contributed by atoms with van der Waals surface area (Å²) in [4.78, 5) is 12.2. The second-order valence-corrected chi connectivity index (χ2v) is 5.70. The van der Waals surface area contributed by atoms with Crippen LogP contribution in [0.2, 0.25) is 0 Å². The lowest BCUT2D eigenvalue weighted by Crippen LogP contribution is -2.28. The average Bonchev–Trinajstić information content (AvgIpc) is 3.22. The van der Waals surface area contributed by atoms with Crippen molar-refractivity contribution >= 4 is 5.91 Å². The van der Waals surface area contributed by atoms with E-state index < -0.39 is 0 Å². The molecule has 7 heteroatoms. The van der Waals surface area contributed by atoms with Crippen molar-refractivity contribution in [1.82, 2.24) is 20.3 Å². The summed E-state index contributed by atoms with van der Waals surface area (Å²) >= 11 is 0. The SMILES string of the molecule is Cc1noc(C)c1C(=O)NCCn1nc(C)c(-c2ccco2)c1C. The molecule has 3 aromatic rings. The van der Waals surface area contributed by atoms with E-state index in [0.29, 0.717) is 30.1 Å². The normalized spacial score (nSPS) is 11.0. The molecular formula is C17H20N4O3. The van der Waals surface area contributed by atoms with Crippen molar-refractivity contribution in [2.75, 3.05) is 6.54 Å². The second kappa shape index (κ2) is 6.35. The molecule has 3 heterocycles. The minimum atomic E-state index is -0.181. The number of aryl methyl sites for hydroxylation is 3. The maximum Gasteiger partial charge on any atom is 0.256 e. The molecule has 0 atom stereocenters. The fourth-order valence-corrected chi connectivity index (χ4v) is 2.86. The third-order valence-electron chi connectivity index (χ3n) is 4.02. The minimum Gasteiger partial charge on any atom is -0.464 e. The lowest BCUT2D eigenvalue weighted by molar-refractivity contribution is 0.0950. The van der Waals surface area contributed by atoms with E-state index in [1.54, 1.807) is 20.1 Å². The average molecular weight is 328 g/mol. The number of carbonyl (C=O) groups is 1. The van der Waals surface area contributed by atoms with Gasteiger partial charge < -0.3 is 14.3 Å². The molecule has 0 spiro atoms. The van der Waals surface area contributed by atoms with Gasteiger partial charge in [-0.2, -0.15) is 5.10 Å². The summed E-state index contributed by atoms with van der Waals surface area (Å²) in [5.74, 6) is 1.14. The third-order valence-corrected chi connectivity index (χ3v) is 4.02. The second-order valence-electron chi connectivity index (χ2n) is 5.70. The Morgan fingerprint density at radius 2 is 2.04 bits per heavy atom. The smallest absolute Gasteiger partial charge is 0.256 e. The molecule has 0 aliphatic heterocycles. The Kier molecular flexibility index (Phi) is 4.24. The third kappa shape index (κ3) is 2.84. The van der Waals surface area contributed by atoms with Gasteiger partial charge in [0.05, 0.1) is 29.8 Å². The fraction of sp³-hybridized carbons (Fsp3) is 0.353. The number of aromatic nitrogens is 3. The van der Waals surface area contributed by atoms with E-state index in [1.165, 1.54) is 0 Å². The molecule has 0 bridgehead atoms. The maximum atomic E-state index is 12.2. The number of amides is 1. The highest BCUT2D eigenvalue weighted by Crippen LogP contribution is 2.27. The monoisotopic (exact) mass is 328 g/mol. The molecule has 0 aliphatic carbocycles. The van der Waals surface area contributed by atoms with Gasteiger partial charge in [0.15, 0.2) is 0 Å². The van der Waals surface area contributed by atoms with Crippen LogP contribution in [-0.2, 0) is 6.54 Å². The number of carbonyl (C=O) groups excluding carboxylic acids is 1. The highest BCUT2D eigenvalue weighted by atomic mass is 16.5. The zero-order valence-corrected chi connectivity index (χ0v) is 14.2. The Labute approximate surface area is 139 Å². The number of nitrogens with one attached hydrogen (secondary N) is 1. The quantitative estimate of drug-likeness (QED) is 0.778. The molecule has 7 nitrogen and oxygen atoms in total. The van der Waals surface area contributed by atoms with E-state index in [-0.39, 0.29) is 5.91 Å². The molecular weight excluding hydrogens is 308 g/mol. The summed E-state index contributed by atoms with van der Waals surface area (Å²) in [7, 11) is 0. The van der Waals surface area contributed by atoms with Gasteiger partial charge in [0.25, 0.3) is 5.91 Å². The molecule has 0 aliphatic rings. The van der Waals surface area contributed by atoms with Gasteiger partial charge in [0.1, 0.15) is 17.1 Å². The molecule has 3 rings (SSSR count).